The molecule has 126 valence electrons. The molecule has 0 aliphatic carbocycles. The van der Waals surface area contributed by atoms with E-state index in [4.69, 9.17) is 0 Å². The van der Waals surface area contributed by atoms with Gasteiger partial charge >= 0.3 is 6.18 Å². The molecule has 0 aliphatic heterocycles. The van der Waals surface area contributed by atoms with Gasteiger partial charge in [0.1, 0.15) is 5.69 Å². The summed E-state index contributed by atoms with van der Waals surface area (Å²) in [6.07, 6.45) is -2.97. The second-order valence-corrected chi connectivity index (χ2v) is 5.81. The number of hydrogen-bond acceptors (Lipinski definition) is 3. The zero-order valence-corrected chi connectivity index (χ0v) is 14.3. The van der Waals surface area contributed by atoms with Crippen LogP contribution in [0, 0.1) is 0 Å². The Balaban J connectivity index is 2.23. The van der Waals surface area contributed by atoms with Crippen LogP contribution in [0.3, 0.4) is 0 Å². The molecule has 0 unspecified atom stereocenters. The van der Waals surface area contributed by atoms with E-state index in [0.717, 1.165) is 20.9 Å². The Morgan fingerprint density at radius 1 is 1.43 bits per heavy atom. The SMILES string of the molecule is CCn1ncc(Br)c1CN(C)C(=O)c1cc(C(F)(F)F)nn1C. The lowest BCUT2D eigenvalue weighted by Gasteiger charge is -2.18. The molecule has 0 fully saturated rings. The summed E-state index contributed by atoms with van der Waals surface area (Å²) in [5.74, 6) is -0.550. The second kappa shape index (κ2) is 6.34. The van der Waals surface area contributed by atoms with Gasteiger partial charge in [0.15, 0.2) is 5.69 Å². The van der Waals surface area contributed by atoms with Gasteiger partial charge in [-0.25, -0.2) is 0 Å². The van der Waals surface area contributed by atoms with E-state index < -0.39 is 17.8 Å². The Hall–Kier alpha value is -1.84. The highest BCUT2D eigenvalue weighted by Gasteiger charge is 2.35. The van der Waals surface area contributed by atoms with E-state index >= 15 is 0 Å². The molecule has 6 nitrogen and oxygen atoms in total. The standard InChI is InChI=1S/C13H15BrF3N5O/c1-4-22-10(8(14)6-18-22)7-20(2)12(23)9-5-11(13(15,16)17)19-21(9)3/h5-6H,4,7H2,1-3H3. The first-order chi connectivity index (χ1) is 10.6. The molecule has 0 bridgehead atoms. The van der Waals surface area contributed by atoms with Gasteiger partial charge < -0.3 is 4.90 Å². The molecule has 0 saturated heterocycles. The van der Waals surface area contributed by atoms with Gasteiger partial charge in [0.05, 0.1) is 22.9 Å². The number of rotatable bonds is 4. The number of carbonyl (C=O) groups excluding carboxylic acids is 1. The van der Waals surface area contributed by atoms with Gasteiger partial charge in [-0.2, -0.15) is 23.4 Å². The molecule has 1 amide bonds. The molecule has 0 atom stereocenters. The molecule has 10 heteroatoms. The number of aromatic nitrogens is 4. The highest BCUT2D eigenvalue weighted by atomic mass is 79.9. The smallest absolute Gasteiger partial charge is 0.334 e. The minimum Gasteiger partial charge on any atom is -0.334 e. The molecule has 2 rings (SSSR count). The second-order valence-electron chi connectivity index (χ2n) is 4.95. The largest absolute Gasteiger partial charge is 0.435 e. The average molecular weight is 394 g/mol. The van der Waals surface area contributed by atoms with Crippen LogP contribution in [-0.4, -0.2) is 37.4 Å². The molecule has 0 spiro atoms. The van der Waals surface area contributed by atoms with Crippen LogP contribution in [0.4, 0.5) is 13.2 Å². The van der Waals surface area contributed by atoms with E-state index in [2.05, 4.69) is 26.1 Å². The Morgan fingerprint density at radius 2 is 2.09 bits per heavy atom. The van der Waals surface area contributed by atoms with Crippen molar-refractivity contribution in [2.24, 2.45) is 7.05 Å². The van der Waals surface area contributed by atoms with E-state index in [1.54, 1.807) is 10.9 Å². The normalized spacial score (nSPS) is 11.8. The molecule has 0 radical (unpaired) electrons. The number of carbonyl (C=O) groups is 1. The predicted molar refractivity (Wildman–Crippen MR) is 79.6 cm³/mol. The van der Waals surface area contributed by atoms with Crippen LogP contribution in [0.2, 0.25) is 0 Å². The van der Waals surface area contributed by atoms with Crippen molar-refractivity contribution in [1.29, 1.82) is 0 Å². The lowest BCUT2D eigenvalue weighted by Crippen LogP contribution is -2.29. The molecule has 2 aromatic heterocycles. The number of amides is 1. The third-order valence-corrected chi connectivity index (χ3v) is 3.98. The fraction of sp³-hybridized carbons (Fsp3) is 0.462. The van der Waals surface area contributed by atoms with Gasteiger partial charge in [0, 0.05) is 26.7 Å². The topological polar surface area (TPSA) is 56.0 Å². The van der Waals surface area contributed by atoms with Gasteiger partial charge in [-0.15, -0.1) is 0 Å². The zero-order valence-electron chi connectivity index (χ0n) is 12.7. The van der Waals surface area contributed by atoms with E-state index in [0.29, 0.717) is 6.54 Å². The molecule has 0 aliphatic rings. The first-order valence-corrected chi connectivity index (χ1v) is 7.51. The number of hydrogen-bond donors (Lipinski definition) is 0. The van der Waals surface area contributed by atoms with Gasteiger partial charge in [0.2, 0.25) is 0 Å². The van der Waals surface area contributed by atoms with Crippen molar-refractivity contribution >= 4 is 21.8 Å². The summed E-state index contributed by atoms with van der Waals surface area (Å²) in [6, 6.07) is 0.755. The zero-order chi connectivity index (χ0) is 17.4. The average Bonchev–Trinajstić information content (AvgIpc) is 3.02. The fourth-order valence-corrected chi connectivity index (χ4v) is 2.54. The summed E-state index contributed by atoms with van der Waals surface area (Å²) >= 11 is 3.35. The molecule has 0 saturated carbocycles. The minimum atomic E-state index is -4.58. The van der Waals surface area contributed by atoms with Crippen LogP contribution in [0.5, 0.6) is 0 Å². The Labute approximate surface area is 139 Å². The number of alkyl halides is 3. The summed E-state index contributed by atoms with van der Waals surface area (Å²) in [5.41, 5.74) is -0.448. The summed E-state index contributed by atoms with van der Waals surface area (Å²) in [4.78, 5) is 13.7. The van der Waals surface area contributed by atoms with Crippen molar-refractivity contribution in [2.45, 2.75) is 26.2 Å². The van der Waals surface area contributed by atoms with Crippen LogP contribution < -0.4 is 0 Å². The van der Waals surface area contributed by atoms with Crippen molar-refractivity contribution in [3.63, 3.8) is 0 Å². The van der Waals surface area contributed by atoms with Crippen molar-refractivity contribution in [3.05, 3.63) is 33.8 Å². The number of halogens is 4. The number of aryl methyl sites for hydroxylation is 2. The van der Waals surface area contributed by atoms with Crippen molar-refractivity contribution in [2.75, 3.05) is 7.05 Å². The molecular formula is C13H15BrF3N5O. The number of nitrogens with zero attached hydrogens (tertiary/aromatic N) is 5. The van der Waals surface area contributed by atoms with E-state index in [1.165, 1.54) is 19.0 Å². The third-order valence-electron chi connectivity index (χ3n) is 3.32. The van der Waals surface area contributed by atoms with E-state index in [1.807, 2.05) is 6.92 Å². The molecule has 0 N–H and O–H groups in total. The summed E-state index contributed by atoms with van der Waals surface area (Å²) in [5, 5.41) is 7.49. The van der Waals surface area contributed by atoms with Crippen LogP contribution in [0.15, 0.2) is 16.7 Å². The van der Waals surface area contributed by atoms with Crippen LogP contribution in [-0.2, 0) is 26.3 Å². The van der Waals surface area contributed by atoms with E-state index in [-0.39, 0.29) is 12.2 Å². The summed E-state index contributed by atoms with van der Waals surface area (Å²) in [6.45, 7) is 2.73. The van der Waals surface area contributed by atoms with Gasteiger partial charge in [0.25, 0.3) is 5.91 Å². The van der Waals surface area contributed by atoms with Crippen LogP contribution in [0.25, 0.3) is 0 Å². The van der Waals surface area contributed by atoms with Crippen LogP contribution in [0.1, 0.15) is 28.8 Å². The Bertz CT molecular complexity index is 722. The monoisotopic (exact) mass is 393 g/mol. The van der Waals surface area contributed by atoms with Gasteiger partial charge in [-0.05, 0) is 22.9 Å². The first kappa shape index (κ1) is 17.5. The van der Waals surface area contributed by atoms with Crippen molar-refractivity contribution in [1.82, 2.24) is 24.5 Å². The van der Waals surface area contributed by atoms with E-state index in [9.17, 15) is 18.0 Å². The van der Waals surface area contributed by atoms with Gasteiger partial charge in [-0.1, -0.05) is 0 Å². The fourth-order valence-electron chi connectivity index (χ4n) is 2.12. The van der Waals surface area contributed by atoms with Crippen molar-refractivity contribution < 1.29 is 18.0 Å². The Kier molecular flexibility index (Phi) is 4.83. The predicted octanol–water partition coefficient (Wildman–Crippen LogP) is 2.69. The molecular weight excluding hydrogens is 379 g/mol. The lowest BCUT2D eigenvalue weighted by atomic mass is 10.3. The highest BCUT2D eigenvalue weighted by molar-refractivity contribution is 9.10. The maximum absolute atomic E-state index is 12.7. The first-order valence-electron chi connectivity index (χ1n) is 6.72. The third kappa shape index (κ3) is 3.57. The summed E-state index contributed by atoms with van der Waals surface area (Å²) < 4.78 is 41.4. The molecule has 0 aromatic carbocycles. The van der Waals surface area contributed by atoms with Crippen LogP contribution >= 0.6 is 15.9 Å². The maximum Gasteiger partial charge on any atom is 0.435 e. The lowest BCUT2D eigenvalue weighted by molar-refractivity contribution is -0.141. The quantitative estimate of drug-likeness (QED) is 0.802. The van der Waals surface area contributed by atoms with Gasteiger partial charge in [-0.3, -0.25) is 14.2 Å². The highest BCUT2D eigenvalue weighted by Crippen LogP contribution is 2.28. The molecule has 2 aromatic rings. The molecule has 2 heterocycles. The molecule has 23 heavy (non-hydrogen) atoms. The van der Waals surface area contributed by atoms with Crippen molar-refractivity contribution in [3.8, 4) is 0 Å². The maximum atomic E-state index is 12.7. The minimum absolute atomic E-state index is 0.126. The summed E-state index contributed by atoms with van der Waals surface area (Å²) in [7, 11) is 2.82. The Morgan fingerprint density at radius 3 is 2.61 bits per heavy atom.